The maximum Gasteiger partial charge on any atom is 0.417 e. The molecule has 156 valence electrons. The van der Waals surface area contributed by atoms with E-state index < -0.39 is 30.4 Å². The van der Waals surface area contributed by atoms with Gasteiger partial charge in [0.25, 0.3) is 0 Å². The molecule has 0 aliphatic carbocycles. The van der Waals surface area contributed by atoms with Crippen LogP contribution in [0.15, 0.2) is 30.3 Å². The first-order valence-electron chi connectivity index (χ1n) is 9.46. The summed E-state index contributed by atoms with van der Waals surface area (Å²) in [5.74, 6) is 0.0950. The molecule has 4 nitrogen and oxygen atoms in total. The molecule has 0 N–H and O–H groups in total. The number of carbonyl (C=O) groups excluding carboxylic acids is 1. The largest absolute Gasteiger partial charge is 0.485 e. The van der Waals surface area contributed by atoms with Gasteiger partial charge in [0.15, 0.2) is 6.61 Å². The van der Waals surface area contributed by atoms with Gasteiger partial charge in [-0.3, -0.25) is 0 Å². The molecule has 2 aromatic rings. The van der Waals surface area contributed by atoms with Gasteiger partial charge in [0.2, 0.25) is 0 Å². The van der Waals surface area contributed by atoms with Crippen LogP contribution in [0, 0.1) is 13.8 Å². The van der Waals surface area contributed by atoms with Crippen LogP contribution in [-0.4, -0.2) is 19.2 Å². The molecule has 1 atom stereocenters. The number of ether oxygens (including phenoxy) is 3. The van der Waals surface area contributed by atoms with E-state index in [1.54, 1.807) is 6.92 Å². The number of aryl methyl sites for hydroxylation is 2. The SMILES string of the molecule is CCOC(=O)COc1c(C2CCc3ccccc3O2)cc(C)c(C(F)(F)F)c1C. The van der Waals surface area contributed by atoms with Crippen LogP contribution in [0.3, 0.4) is 0 Å². The zero-order valence-electron chi connectivity index (χ0n) is 16.6. The van der Waals surface area contributed by atoms with Crippen LogP contribution in [0.5, 0.6) is 11.5 Å². The molecule has 7 heteroatoms. The summed E-state index contributed by atoms with van der Waals surface area (Å²) in [6, 6.07) is 9.03. The Morgan fingerprint density at radius 3 is 2.66 bits per heavy atom. The van der Waals surface area contributed by atoms with Gasteiger partial charge in [0.1, 0.15) is 17.6 Å². The van der Waals surface area contributed by atoms with E-state index in [-0.39, 0.29) is 23.5 Å². The molecule has 0 radical (unpaired) electrons. The van der Waals surface area contributed by atoms with E-state index in [1.165, 1.54) is 19.9 Å². The maximum absolute atomic E-state index is 13.6. The first-order valence-corrected chi connectivity index (χ1v) is 9.46. The van der Waals surface area contributed by atoms with Gasteiger partial charge in [-0.25, -0.2) is 4.79 Å². The topological polar surface area (TPSA) is 44.8 Å². The Morgan fingerprint density at radius 1 is 1.24 bits per heavy atom. The van der Waals surface area contributed by atoms with Gasteiger partial charge in [0.05, 0.1) is 12.2 Å². The highest BCUT2D eigenvalue weighted by Crippen LogP contribution is 2.44. The molecule has 0 saturated carbocycles. The number of halogens is 3. The zero-order valence-corrected chi connectivity index (χ0v) is 16.6. The van der Waals surface area contributed by atoms with Crippen molar-refractivity contribution in [3.8, 4) is 11.5 Å². The molecule has 2 aromatic carbocycles. The monoisotopic (exact) mass is 408 g/mol. The Hall–Kier alpha value is -2.70. The highest BCUT2D eigenvalue weighted by Gasteiger charge is 2.37. The summed E-state index contributed by atoms with van der Waals surface area (Å²) in [4.78, 5) is 11.7. The summed E-state index contributed by atoms with van der Waals surface area (Å²) in [6.45, 7) is 4.13. The Morgan fingerprint density at radius 2 is 1.97 bits per heavy atom. The van der Waals surface area contributed by atoms with Crippen molar-refractivity contribution in [2.75, 3.05) is 13.2 Å². The lowest BCUT2D eigenvalue weighted by Crippen LogP contribution is -2.21. The fourth-order valence-corrected chi connectivity index (χ4v) is 3.74. The summed E-state index contributed by atoms with van der Waals surface area (Å²) in [7, 11) is 0. The van der Waals surface area contributed by atoms with Crippen LogP contribution in [0.2, 0.25) is 0 Å². The normalized spacial score (nSPS) is 16.0. The lowest BCUT2D eigenvalue weighted by molar-refractivity contribution is -0.145. The number of carbonyl (C=O) groups is 1. The predicted octanol–water partition coefficient (Wildman–Crippen LogP) is 5.33. The minimum Gasteiger partial charge on any atom is -0.485 e. The standard InChI is InChI=1S/C22H23F3O4/c1-4-27-19(26)12-28-21-14(3)20(22(23,24)25)13(2)11-16(21)18-10-9-15-7-5-6-8-17(15)29-18/h5-8,11,18H,4,9-10,12H2,1-3H3. The van der Waals surface area contributed by atoms with Gasteiger partial charge in [-0.05, 0) is 56.9 Å². The average molecular weight is 408 g/mol. The number of esters is 1. The van der Waals surface area contributed by atoms with E-state index in [0.29, 0.717) is 17.7 Å². The Balaban J connectivity index is 2.02. The van der Waals surface area contributed by atoms with Crippen molar-refractivity contribution in [1.29, 1.82) is 0 Å². The fraction of sp³-hybridized carbons (Fsp3) is 0.409. The van der Waals surface area contributed by atoms with Crippen molar-refractivity contribution in [2.45, 2.75) is 45.9 Å². The quantitative estimate of drug-likeness (QED) is 0.628. The Labute approximate surface area is 167 Å². The highest BCUT2D eigenvalue weighted by molar-refractivity contribution is 5.71. The van der Waals surface area contributed by atoms with Gasteiger partial charge in [-0.1, -0.05) is 18.2 Å². The third-order valence-corrected chi connectivity index (χ3v) is 4.93. The summed E-state index contributed by atoms with van der Waals surface area (Å²) in [5.41, 5.74) is 0.844. The molecule has 0 amide bonds. The summed E-state index contributed by atoms with van der Waals surface area (Å²) < 4.78 is 57.3. The number of fused-ring (bicyclic) bond motifs is 1. The van der Waals surface area contributed by atoms with Crippen molar-refractivity contribution >= 4 is 5.97 Å². The second-order valence-corrected chi connectivity index (χ2v) is 6.96. The van der Waals surface area contributed by atoms with Crippen LogP contribution in [0.4, 0.5) is 13.2 Å². The van der Waals surface area contributed by atoms with E-state index >= 15 is 0 Å². The van der Waals surface area contributed by atoms with Gasteiger partial charge in [-0.15, -0.1) is 0 Å². The molecule has 1 aliphatic rings. The van der Waals surface area contributed by atoms with E-state index in [2.05, 4.69) is 0 Å². The molecule has 0 bridgehead atoms. The maximum atomic E-state index is 13.6. The molecule has 3 rings (SSSR count). The lowest BCUT2D eigenvalue weighted by atomic mass is 9.91. The first-order chi connectivity index (χ1) is 13.7. The number of benzene rings is 2. The molecule has 0 spiro atoms. The third-order valence-electron chi connectivity index (χ3n) is 4.93. The second kappa shape index (κ2) is 8.35. The van der Waals surface area contributed by atoms with Gasteiger partial charge in [-0.2, -0.15) is 13.2 Å². The van der Waals surface area contributed by atoms with Crippen LogP contribution in [0.25, 0.3) is 0 Å². The molecular weight excluding hydrogens is 385 g/mol. The van der Waals surface area contributed by atoms with Crippen molar-refractivity contribution in [3.05, 3.63) is 58.1 Å². The summed E-state index contributed by atoms with van der Waals surface area (Å²) >= 11 is 0. The fourth-order valence-electron chi connectivity index (χ4n) is 3.74. The molecule has 1 unspecified atom stereocenters. The average Bonchev–Trinajstić information content (AvgIpc) is 2.65. The predicted molar refractivity (Wildman–Crippen MR) is 101 cm³/mol. The van der Waals surface area contributed by atoms with Crippen molar-refractivity contribution in [3.63, 3.8) is 0 Å². The van der Waals surface area contributed by atoms with Crippen LogP contribution >= 0.6 is 0 Å². The molecule has 0 fully saturated rings. The van der Waals surface area contributed by atoms with Gasteiger partial charge in [0, 0.05) is 11.1 Å². The number of para-hydroxylation sites is 1. The van der Waals surface area contributed by atoms with E-state index in [9.17, 15) is 18.0 Å². The van der Waals surface area contributed by atoms with Crippen molar-refractivity contribution in [1.82, 2.24) is 0 Å². The number of hydrogen-bond acceptors (Lipinski definition) is 4. The molecular formula is C22H23F3O4. The minimum atomic E-state index is -4.53. The number of rotatable bonds is 5. The molecule has 1 heterocycles. The molecule has 0 aromatic heterocycles. The van der Waals surface area contributed by atoms with Gasteiger partial charge >= 0.3 is 12.1 Å². The smallest absolute Gasteiger partial charge is 0.417 e. The van der Waals surface area contributed by atoms with Crippen LogP contribution in [0.1, 0.15) is 47.3 Å². The Bertz CT molecular complexity index is 906. The lowest BCUT2D eigenvalue weighted by Gasteiger charge is -2.29. The molecule has 1 aliphatic heterocycles. The van der Waals surface area contributed by atoms with Crippen molar-refractivity contribution < 1.29 is 32.2 Å². The summed E-state index contributed by atoms with van der Waals surface area (Å²) in [6.07, 6.45) is -3.68. The molecule has 0 saturated heterocycles. The second-order valence-electron chi connectivity index (χ2n) is 6.96. The minimum absolute atomic E-state index is 0.0281. The van der Waals surface area contributed by atoms with Crippen LogP contribution in [-0.2, 0) is 22.1 Å². The van der Waals surface area contributed by atoms with Crippen molar-refractivity contribution in [2.24, 2.45) is 0 Å². The number of alkyl halides is 3. The Kier molecular flexibility index (Phi) is 6.05. The first kappa shape index (κ1) is 21.0. The van der Waals surface area contributed by atoms with E-state index in [0.717, 1.165) is 12.0 Å². The highest BCUT2D eigenvalue weighted by atomic mass is 19.4. The number of hydrogen-bond donors (Lipinski definition) is 0. The van der Waals surface area contributed by atoms with Gasteiger partial charge < -0.3 is 14.2 Å². The van der Waals surface area contributed by atoms with E-state index in [1.807, 2.05) is 24.3 Å². The third kappa shape index (κ3) is 4.49. The summed E-state index contributed by atoms with van der Waals surface area (Å²) in [5, 5.41) is 0. The van der Waals surface area contributed by atoms with E-state index in [4.69, 9.17) is 14.2 Å². The molecule has 29 heavy (non-hydrogen) atoms. The zero-order chi connectivity index (χ0) is 21.2. The van der Waals surface area contributed by atoms with Crippen LogP contribution < -0.4 is 9.47 Å².